The lowest BCUT2D eigenvalue weighted by Crippen LogP contribution is -2.29. The Morgan fingerprint density at radius 2 is 2.20 bits per heavy atom. The maximum absolute atomic E-state index is 11.8. The van der Waals surface area contributed by atoms with Crippen molar-refractivity contribution in [1.29, 1.82) is 0 Å². The van der Waals surface area contributed by atoms with E-state index in [1.165, 1.54) is 15.8 Å². The number of nitrogens with two attached hydrogens (primary N) is 1. The van der Waals surface area contributed by atoms with Crippen LogP contribution in [0.2, 0.25) is 0 Å². The topological polar surface area (TPSA) is 85.8 Å². The van der Waals surface area contributed by atoms with Crippen molar-refractivity contribution >= 4 is 5.91 Å². The molecule has 6 heteroatoms. The van der Waals surface area contributed by atoms with Crippen LogP contribution >= 0.6 is 0 Å². The summed E-state index contributed by atoms with van der Waals surface area (Å²) in [4.78, 5) is 11.8. The number of hydrogen-bond acceptors (Lipinski definition) is 4. The van der Waals surface area contributed by atoms with Gasteiger partial charge in [0.2, 0.25) is 5.91 Å². The molecule has 0 aliphatic heterocycles. The van der Waals surface area contributed by atoms with Gasteiger partial charge in [-0.3, -0.25) is 4.79 Å². The van der Waals surface area contributed by atoms with Gasteiger partial charge in [-0.05, 0) is 24.5 Å². The van der Waals surface area contributed by atoms with Crippen LogP contribution < -0.4 is 11.1 Å². The highest BCUT2D eigenvalue weighted by atomic mass is 16.2. The molecule has 1 amide bonds. The van der Waals surface area contributed by atoms with E-state index in [-0.39, 0.29) is 12.5 Å². The molecule has 0 saturated heterocycles. The summed E-state index contributed by atoms with van der Waals surface area (Å²) in [5.74, 6) is -0.0768. The lowest BCUT2D eigenvalue weighted by Gasteiger charge is -2.07. The van der Waals surface area contributed by atoms with Crippen molar-refractivity contribution in [2.45, 2.75) is 26.4 Å². The van der Waals surface area contributed by atoms with Crippen LogP contribution in [0.15, 0.2) is 30.5 Å². The number of hydrogen-bond donors (Lipinski definition) is 2. The first-order chi connectivity index (χ1) is 9.69. The molecule has 0 aliphatic carbocycles. The van der Waals surface area contributed by atoms with Crippen molar-refractivity contribution < 1.29 is 4.79 Å². The number of amides is 1. The summed E-state index contributed by atoms with van der Waals surface area (Å²) < 4.78 is 1.49. The molecule has 0 unspecified atom stereocenters. The van der Waals surface area contributed by atoms with Crippen LogP contribution in [0.4, 0.5) is 0 Å². The third-order valence-electron chi connectivity index (χ3n) is 3.08. The van der Waals surface area contributed by atoms with Gasteiger partial charge in [0.15, 0.2) is 0 Å². The Morgan fingerprint density at radius 3 is 2.90 bits per heavy atom. The van der Waals surface area contributed by atoms with Gasteiger partial charge in [-0.1, -0.05) is 29.5 Å². The van der Waals surface area contributed by atoms with Crippen LogP contribution in [0.3, 0.4) is 0 Å². The van der Waals surface area contributed by atoms with Gasteiger partial charge in [0.1, 0.15) is 6.54 Å². The Morgan fingerprint density at radius 1 is 1.40 bits per heavy atom. The van der Waals surface area contributed by atoms with Crippen molar-refractivity contribution in [3.8, 4) is 0 Å². The number of rotatable bonds is 6. The van der Waals surface area contributed by atoms with E-state index in [9.17, 15) is 4.79 Å². The Bertz CT molecular complexity index is 578. The minimum Gasteiger partial charge on any atom is -0.354 e. The predicted octanol–water partition coefficient (Wildman–Crippen LogP) is 0.404. The van der Waals surface area contributed by atoms with Crippen LogP contribution in [-0.2, 0) is 24.3 Å². The fraction of sp³-hybridized carbons (Fsp3) is 0.357. The maximum Gasteiger partial charge on any atom is 0.241 e. The smallest absolute Gasteiger partial charge is 0.241 e. The standard InChI is InChI=1S/C14H19N5O/c1-11-4-2-3-5-12(11)6-7-16-14(20)10-19-9-13(8-15)17-18-19/h2-5,9H,6-8,10,15H2,1H3,(H,16,20). The summed E-state index contributed by atoms with van der Waals surface area (Å²) in [5, 5.41) is 10.5. The number of aryl methyl sites for hydroxylation is 1. The molecule has 0 bridgehead atoms. The van der Waals surface area contributed by atoms with Gasteiger partial charge in [-0.2, -0.15) is 0 Å². The van der Waals surface area contributed by atoms with E-state index < -0.39 is 0 Å². The molecule has 0 fully saturated rings. The van der Waals surface area contributed by atoms with Crippen molar-refractivity contribution in [3.05, 3.63) is 47.3 Å². The van der Waals surface area contributed by atoms with E-state index in [0.29, 0.717) is 18.8 Å². The van der Waals surface area contributed by atoms with Gasteiger partial charge in [0.25, 0.3) is 0 Å². The zero-order valence-electron chi connectivity index (χ0n) is 11.5. The van der Waals surface area contributed by atoms with Crippen LogP contribution in [0.1, 0.15) is 16.8 Å². The summed E-state index contributed by atoms with van der Waals surface area (Å²) >= 11 is 0. The van der Waals surface area contributed by atoms with Gasteiger partial charge in [0, 0.05) is 13.1 Å². The fourth-order valence-corrected chi connectivity index (χ4v) is 1.94. The van der Waals surface area contributed by atoms with Crippen molar-refractivity contribution in [3.63, 3.8) is 0 Å². The molecule has 1 heterocycles. The molecule has 20 heavy (non-hydrogen) atoms. The number of carbonyl (C=O) groups excluding carboxylic acids is 1. The second kappa shape index (κ2) is 6.81. The molecule has 0 aliphatic rings. The zero-order valence-corrected chi connectivity index (χ0v) is 11.5. The molecule has 2 aromatic rings. The summed E-state index contributed by atoms with van der Waals surface area (Å²) in [6.45, 7) is 3.18. The van der Waals surface area contributed by atoms with Gasteiger partial charge in [-0.25, -0.2) is 4.68 Å². The summed E-state index contributed by atoms with van der Waals surface area (Å²) in [7, 11) is 0. The van der Waals surface area contributed by atoms with Crippen LogP contribution in [0.25, 0.3) is 0 Å². The average molecular weight is 273 g/mol. The van der Waals surface area contributed by atoms with E-state index in [4.69, 9.17) is 5.73 Å². The molecular weight excluding hydrogens is 254 g/mol. The first kappa shape index (κ1) is 14.2. The Hall–Kier alpha value is -2.21. The highest BCUT2D eigenvalue weighted by molar-refractivity contribution is 5.75. The SMILES string of the molecule is Cc1ccccc1CCNC(=O)Cn1cc(CN)nn1. The van der Waals surface area contributed by atoms with E-state index in [1.54, 1.807) is 6.20 Å². The van der Waals surface area contributed by atoms with E-state index in [1.807, 2.05) is 12.1 Å². The van der Waals surface area contributed by atoms with Gasteiger partial charge >= 0.3 is 0 Å². The van der Waals surface area contributed by atoms with Crippen LogP contribution in [0.5, 0.6) is 0 Å². The lowest BCUT2D eigenvalue weighted by molar-refractivity contribution is -0.121. The average Bonchev–Trinajstić information content (AvgIpc) is 2.88. The van der Waals surface area contributed by atoms with Crippen molar-refractivity contribution in [2.75, 3.05) is 6.54 Å². The molecule has 2 rings (SSSR count). The first-order valence-electron chi connectivity index (χ1n) is 6.59. The Balaban J connectivity index is 1.77. The van der Waals surface area contributed by atoms with Crippen LogP contribution in [0, 0.1) is 6.92 Å². The van der Waals surface area contributed by atoms with Crippen LogP contribution in [-0.4, -0.2) is 27.4 Å². The van der Waals surface area contributed by atoms with Gasteiger partial charge < -0.3 is 11.1 Å². The minimum absolute atomic E-state index is 0.0768. The third-order valence-corrected chi connectivity index (χ3v) is 3.08. The lowest BCUT2D eigenvalue weighted by atomic mass is 10.1. The number of nitrogens with zero attached hydrogens (tertiary/aromatic N) is 3. The van der Waals surface area contributed by atoms with Crippen molar-refractivity contribution in [2.24, 2.45) is 5.73 Å². The second-order valence-corrected chi connectivity index (χ2v) is 4.64. The molecule has 0 saturated carbocycles. The van der Waals surface area contributed by atoms with Crippen molar-refractivity contribution in [1.82, 2.24) is 20.3 Å². The number of nitrogens with one attached hydrogen (secondary N) is 1. The summed E-state index contributed by atoms with van der Waals surface area (Å²) in [6.07, 6.45) is 2.50. The number of aromatic nitrogens is 3. The normalized spacial score (nSPS) is 10.5. The highest BCUT2D eigenvalue weighted by Gasteiger charge is 2.05. The first-order valence-corrected chi connectivity index (χ1v) is 6.59. The van der Waals surface area contributed by atoms with E-state index in [2.05, 4.69) is 34.7 Å². The summed E-state index contributed by atoms with van der Waals surface area (Å²) in [6, 6.07) is 8.17. The molecular formula is C14H19N5O. The predicted molar refractivity (Wildman–Crippen MR) is 75.8 cm³/mol. The second-order valence-electron chi connectivity index (χ2n) is 4.64. The fourth-order valence-electron chi connectivity index (χ4n) is 1.94. The minimum atomic E-state index is -0.0768. The van der Waals surface area contributed by atoms with Gasteiger partial charge in [0.05, 0.1) is 11.9 Å². The molecule has 0 atom stereocenters. The monoisotopic (exact) mass is 273 g/mol. The number of benzene rings is 1. The molecule has 106 valence electrons. The molecule has 1 aromatic carbocycles. The third kappa shape index (κ3) is 3.89. The maximum atomic E-state index is 11.8. The molecule has 0 spiro atoms. The molecule has 6 nitrogen and oxygen atoms in total. The number of carbonyl (C=O) groups is 1. The van der Waals surface area contributed by atoms with E-state index >= 15 is 0 Å². The zero-order chi connectivity index (χ0) is 14.4. The molecule has 1 aromatic heterocycles. The molecule has 0 radical (unpaired) electrons. The summed E-state index contributed by atoms with van der Waals surface area (Å²) in [5.41, 5.74) is 8.61. The van der Waals surface area contributed by atoms with Gasteiger partial charge in [-0.15, -0.1) is 5.10 Å². The molecule has 3 N–H and O–H groups in total. The largest absolute Gasteiger partial charge is 0.354 e. The highest BCUT2D eigenvalue weighted by Crippen LogP contribution is 2.06. The Kier molecular flexibility index (Phi) is 4.84. The van der Waals surface area contributed by atoms with E-state index in [0.717, 1.165) is 6.42 Å². The quantitative estimate of drug-likeness (QED) is 0.798. The Labute approximate surface area is 118 Å².